The van der Waals surface area contributed by atoms with Gasteiger partial charge in [0.15, 0.2) is 5.11 Å². The zero-order chi connectivity index (χ0) is 11.5. The summed E-state index contributed by atoms with van der Waals surface area (Å²) in [6, 6.07) is 3.74. The molecule has 0 saturated heterocycles. The largest absolute Gasteiger partial charge is 0.467 e. The highest BCUT2D eigenvalue weighted by molar-refractivity contribution is 7.80. The van der Waals surface area contributed by atoms with Crippen LogP contribution >= 0.6 is 12.2 Å². The lowest BCUT2D eigenvalue weighted by atomic mass is 10.1. The lowest BCUT2D eigenvalue weighted by molar-refractivity contribution is 0.316. The molecule has 0 spiro atoms. The van der Waals surface area contributed by atoms with E-state index in [1.54, 1.807) is 11.3 Å². The van der Waals surface area contributed by atoms with Crippen LogP contribution in [0.25, 0.3) is 0 Å². The minimum absolute atomic E-state index is 0.0116. The molecule has 0 fully saturated rings. The number of rotatable bonds is 3. The predicted molar refractivity (Wildman–Crippen MR) is 66.9 cm³/mol. The number of hydrazone groups is 1. The van der Waals surface area contributed by atoms with Gasteiger partial charge in [-0.05, 0) is 24.4 Å². The summed E-state index contributed by atoms with van der Waals surface area (Å²) in [5.41, 5.74) is 6.65. The highest BCUT2D eigenvalue weighted by atomic mass is 32.1. The van der Waals surface area contributed by atoms with E-state index in [2.05, 4.69) is 11.7 Å². The van der Waals surface area contributed by atoms with Crippen LogP contribution in [0.4, 0.5) is 0 Å². The molecule has 0 aromatic carbocycles. The molecular formula is C11H13N3OS. The van der Waals surface area contributed by atoms with Gasteiger partial charge in [-0.25, -0.2) is 5.01 Å². The van der Waals surface area contributed by atoms with Crippen molar-refractivity contribution in [2.45, 2.75) is 18.9 Å². The lowest BCUT2D eigenvalue weighted by Crippen LogP contribution is -2.31. The summed E-state index contributed by atoms with van der Waals surface area (Å²) in [5, 5.41) is 6.26. The Balaban J connectivity index is 2.22. The molecule has 2 rings (SSSR count). The fraction of sp³-hybridized carbons (Fsp3) is 0.273. The standard InChI is InChI=1S/C11H13N3OS/c1-2-4-8-7-9(10-5-3-6-15-10)14(13-8)11(12)16/h2-3,5-6,9H,1,4,7H2,(H2,12,16). The Kier molecular flexibility index (Phi) is 3.05. The van der Waals surface area contributed by atoms with Crippen LogP contribution in [0.15, 0.2) is 40.6 Å². The van der Waals surface area contributed by atoms with Gasteiger partial charge in [-0.15, -0.1) is 6.58 Å². The van der Waals surface area contributed by atoms with Crippen LogP contribution in [0.1, 0.15) is 24.6 Å². The SMILES string of the molecule is C=CCC1=NN(C(N)=S)C(c2ccco2)C1. The summed E-state index contributed by atoms with van der Waals surface area (Å²) in [7, 11) is 0. The van der Waals surface area contributed by atoms with Crippen molar-refractivity contribution in [1.82, 2.24) is 5.01 Å². The fourth-order valence-corrected chi connectivity index (χ4v) is 1.94. The summed E-state index contributed by atoms with van der Waals surface area (Å²) in [4.78, 5) is 0. The van der Waals surface area contributed by atoms with Crippen LogP contribution in [-0.4, -0.2) is 15.8 Å². The number of nitrogens with two attached hydrogens (primary N) is 1. The lowest BCUT2D eigenvalue weighted by Gasteiger charge is -2.19. The van der Waals surface area contributed by atoms with E-state index in [-0.39, 0.29) is 11.2 Å². The third-order valence-corrected chi connectivity index (χ3v) is 2.64. The van der Waals surface area contributed by atoms with Crippen molar-refractivity contribution in [1.29, 1.82) is 0 Å². The summed E-state index contributed by atoms with van der Waals surface area (Å²) in [6.45, 7) is 3.69. The van der Waals surface area contributed by atoms with Crippen molar-refractivity contribution in [2.75, 3.05) is 0 Å². The van der Waals surface area contributed by atoms with Crippen LogP contribution in [0.3, 0.4) is 0 Å². The summed E-state index contributed by atoms with van der Waals surface area (Å²) >= 11 is 4.97. The number of hydrogen-bond acceptors (Lipinski definition) is 3. The second-order valence-electron chi connectivity index (χ2n) is 3.58. The zero-order valence-electron chi connectivity index (χ0n) is 8.80. The molecule has 1 unspecified atom stereocenters. The van der Waals surface area contributed by atoms with Crippen LogP contribution < -0.4 is 5.73 Å². The van der Waals surface area contributed by atoms with Gasteiger partial charge >= 0.3 is 0 Å². The van der Waals surface area contributed by atoms with Gasteiger partial charge in [-0.2, -0.15) is 5.10 Å². The van der Waals surface area contributed by atoms with Gasteiger partial charge in [0.25, 0.3) is 0 Å². The van der Waals surface area contributed by atoms with E-state index < -0.39 is 0 Å². The number of nitrogens with zero attached hydrogens (tertiary/aromatic N) is 2. The molecule has 1 aliphatic rings. The highest BCUT2D eigenvalue weighted by Crippen LogP contribution is 2.31. The second-order valence-corrected chi connectivity index (χ2v) is 4.00. The Morgan fingerprint density at radius 1 is 1.81 bits per heavy atom. The minimum atomic E-state index is -0.0116. The first-order valence-corrected chi connectivity index (χ1v) is 5.42. The monoisotopic (exact) mass is 235 g/mol. The molecule has 16 heavy (non-hydrogen) atoms. The molecule has 2 heterocycles. The number of hydrogen-bond donors (Lipinski definition) is 1. The quantitative estimate of drug-likeness (QED) is 0.644. The maximum Gasteiger partial charge on any atom is 0.187 e. The Morgan fingerprint density at radius 2 is 2.62 bits per heavy atom. The average molecular weight is 235 g/mol. The van der Waals surface area contributed by atoms with Crippen molar-refractivity contribution in [3.05, 3.63) is 36.8 Å². The molecule has 0 aliphatic carbocycles. The van der Waals surface area contributed by atoms with E-state index in [9.17, 15) is 0 Å². The van der Waals surface area contributed by atoms with Crippen LogP contribution in [-0.2, 0) is 0 Å². The molecule has 4 nitrogen and oxygen atoms in total. The van der Waals surface area contributed by atoms with Gasteiger partial charge in [0.2, 0.25) is 0 Å². The maximum absolute atomic E-state index is 5.64. The predicted octanol–water partition coefficient (Wildman–Crippen LogP) is 2.20. The van der Waals surface area contributed by atoms with Crippen molar-refractivity contribution in [3.63, 3.8) is 0 Å². The topological polar surface area (TPSA) is 54.8 Å². The van der Waals surface area contributed by atoms with Crippen molar-refractivity contribution in [2.24, 2.45) is 10.8 Å². The van der Waals surface area contributed by atoms with Gasteiger partial charge in [0.05, 0.1) is 6.26 Å². The van der Waals surface area contributed by atoms with E-state index in [1.165, 1.54) is 0 Å². The van der Waals surface area contributed by atoms with E-state index in [0.717, 1.165) is 24.3 Å². The first-order chi connectivity index (χ1) is 7.72. The Hall–Kier alpha value is -1.62. The van der Waals surface area contributed by atoms with Gasteiger partial charge in [-0.3, -0.25) is 0 Å². The van der Waals surface area contributed by atoms with Gasteiger partial charge in [0, 0.05) is 18.6 Å². The molecule has 1 atom stereocenters. The van der Waals surface area contributed by atoms with Crippen LogP contribution in [0, 0.1) is 0 Å². The third kappa shape index (κ3) is 1.99. The minimum Gasteiger partial charge on any atom is -0.467 e. The van der Waals surface area contributed by atoms with Crippen molar-refractivity contribution < 1.29 is 4.42 Å². The van der Waals surface area contributed by atoms with Gasteiger partial charge in [0.1, 0.15) is 11.8 Å². The molecule has 1 aromatic heterocycles. The third-order valence-electron chi connectivity index (χ3n) is 2.45. The molecular weight excluding hydrogens is 222 g/mol. The molecule has 84 valence electrons. The fourth-order valence-electron chi connectivity index (χ4n) is 1.77. The normalized spacial score (nSPS) is 19.6. The van der Waals surface area contributed by atoms with E-state index >= 15 is 0 Å². The molecule has 0 saturated carbocycles. The summed E-state index contributed by atoms with van der Waals surface area (Å²) in [5.74, 6) is 0.829. The summed E-state index contributed by atoms with van der Waals surface area (Å²) in [6.07, 6.45) is 4.98. The Morgan fingerprint density at radius 3 is 3.19 bits per heavy atom. The molecule has 0 amide bonds. The number of allylic oxidation sites excluding steroid dienone is 1. The second kappa shape index (κ2) is 4.49. The molecule has 5 heteroatoms. The highest BCUT2D eigenvalue weighted by Gasteiger charge is 2.30. The van der Waals surface area contributed by atoms with Crippen LogP contribution in [0.2, 0.25) is 0 Å². The van der Waals surface area contributed by atoms with Crippen molar-refractivity contribution in [3.8, 4) is 0 Å². The molecule has 1 aromatic rings. The zero-order valence-corrected chi connectivity index (χ0v) is 9.61. The van der Waals surface area contributed by atoms with Gasteiger partial charge < -0.3 is 10.2 Å². The van der Waals surface area contributed by atoms with E-state index in [1.807, 2.05) is 18.2 Å². The smallest absolute Gasteiger partial charge is 0.187 e. The van der Waals surface area contributed by atoms with Crippen LogP contribution in [0.5, 0.6) is 0 Å². The maximum atomic E-state index is 5.64. The van der Waals surface area contributed by atoms with E-state index in [0.29, 0.717) is 0 Å². The van der Waals surface area contributed by atoms with E-state index in [4.69, 9.17) is 22.4 Å². The molecule has 0 bridgehead atoms. The Labute approximate surface area is 99.4 Å². The molecule has 1 aliphatic heterocycles. The first-order valence-electron chi connectivity index (χ1n) is 5.01. The Bertz CT molecular complexity index is 424. The van der Waals surface area contributed by atoms with Gasteiger partial charge in [-0.1, -0.05) is 6.08 Å². The molecule has 2 N–H and O–H groups in total. The number of furan rings is 1. The summed E-state index contributed by atoms with van der Waals surface area (Å²) < 4.78 is 5.37. The average Bonchev–Trinajstić information content (AvgIpc) is 2.83. The number of thiocarbonyl (C=S) groups is 1. The molecule has 0 radical (unpaired) electrons. The van der Waals surface area contributed by atoms with Crippen molar-refractivity contribution >= 4 is 23.0 Å². The first kappa shape index (κ1) is 10.9.